The van der Waals surface area contributed by atoms with E-state index in [9.17, 15) is 4.39 Å². The van der Waals surface area contributed by atoms with Crippen LogP contribution >= 0.6 is 11.3 Å². The first kappa shape index (κ1) is 15.9. The minimum Gasteiger partial charge on any atom is -0.483 e. The smallest absolute Gasteiger partial charge is 0.165 e. The fourth-order valence-electron chi connectivity index (χ4n) is 1.85. The number of halogens is 1. The van der Waals surface area contributed by atoms with Gasteiger partial charge in [0.1, 0.15) is 11.6 Å². The molecular formula is C15H19FN2O2S. The lowest BCUT2D eigenvalue weighted by Crippen LogP contribution is -2.19. The highest BCUT2D eigenvalue weighted by Crippen LogP contribution is 2.24. The van der Waals surface area contributed by atoms with Gasteiger partial charge in [0.2, 0.25) is 0 Å². The first-order chi connectivity index (χ1) is 10.2. The Balaban J connectivity index is 1.99. The van der Waals surface area contributed by atoms with Gasteiger partial charge in [-0.3, -0.25) is 0 Å². The second kappa shape index (κ2) is 8.07. The van der Waals surface area contributed by atoms with E-state index in [-0.39, 0.29) is 18.2 Å². The summed E-state index contributed by atoms with van der Waals surface area (Å²) in [5, 5.41) is 5.98. The second-order valence-corrected chi connectivity index (χ2v) is 5.51. The van der Waals surface area contributed by atoms with Crippen LogP contribution in [0, 0.1) is 12.7 Å². The molecule has 2 rings (SSSR count). The molecule has 114 valence electrons. The SMILES string of the molecule is COCCNCc1cccc(F)c1OCc1nc(C)cs1. The molecule has 0 aliphatic carbocycles. The van der Waals surface area contributed by atoms with E-state index in [4.69, 9.17) is 9.47 Å². The van der Waals surface area contributed by atoms with Crippen LogP contribution in [0.15, 0.2) is 23.6 Å². The molecule has 0 saturated carbocycles. The molecule has 0 spiro atoms. The topological polar surface area (TPSA) is 43.4 Å². The molecule has 1 aromatic heterocycles. The zero-order valence-electron chi connectivity index (χ0n) is 12.2. The number of aromatic nitrogens is 1. The average Bonchev–Trinajstić information content (AvgIpc) is 2.88. The van der Waals surface area contributed by atoms with Crippen LogP contribution in [0.5, 0.6) is 5.75 Å². The molecule has 0 atom stereocenters. The molecule has 1 N–H and O–H groups in total. The Morgan fingerprint density at radius 1 is 1.38 bits per heavy atom. The van der Waals surface area contributed by atoms with E-state index in [1.54, 1.807) is 13.2 Å². The molecule has 1 aromatic carbocycles. The number of thiazole rings is 1. The molecule has 4 nitrogen and oxygen atoms in total. The third-order valence-electron chi connectivity index (χ3n) is 2.85. The minimum atomic E-state index is -0.352. The van der Waals surface area contributed by atoms with Crippen molar-refractivity contribution in [3.8, 4) is 5.75 Å². The Hall–Kier alpha value is -1.50. The molecule has 0 radical (unpaired) electrons. The summed E-state index contributed by atoms with van der Waals surface area (Å²) in [5.74, 6) is -0.0652. The van der Waals surface area contributed by atoms with Crippen LogP contribution in [0.25, 0.3) is 0 Å². The van der Waals surface area contributed by atoms with Crippen LogP contribution in [0.2, 0.25) is 0 Å². The Morgan fingerprint density at radius 2 is 2.24 bits per heavy atom. The van der Waals surface area contributed by atoms with E-state index in [0.717, 1.165) is 16.3 Å². The summed E-state index contributed by atoms with van der Waals surface area (Å²) in [4.78, 5) is 4.31. The van der Waals surface area contributed by atoms with Gasteiger partial charge in [-0.05, 0) is 13.0 Å². The van der Waals surface area contributed by atoms with E-state index in [1.165, 1.54) is 17.4 Å². The molecule has 0 aliphatic heterocycles. The second-order valence-electron chi connectivity index (χ2n) is 4.57. The van der Waals surface area contributed by atoms with Crippen molar-refractivity contribution in [2.75, 3.05) is 20.3 Å². The molecule has 0 unspecified atom stereocenters. The maximum absolute atomic E-state index is 13.9. The van der Waals surface area contributed by atoms with E-state index >= 15 is 0 Å². The van der Waals surface area contributed by atoms with Gasteiger partial charge in [0.25, 0.3) is 0 Å². The van der Waals surface area contributed by atoms with Crippen LogP contribution in [-0.4, -0.2) is 25.2 Å². The van der Waals surface area contributed by atoms with Crippen LogP contribution in [0.4, 0.5) is 4.39 Å². The van der Waals surface area contributed by atoms with Gasteiger partial charge in [0.15, 0.2) is 11.6 Å². The van der Waals surface area contributed by atoms with Crippen LogP contribution < -0.4 is 10.1 Å². The summed E-state index contributed by atoms with van der Waals surface area (Å²) >= 11 is 1.51. The highest BCUT2D eigenvalue weighted by atomic mass is 32.1. The third kappa shape index (κ3) is 4.77. The van der Waals surface area contributed by atoms with Gasteiger partial charge >= 0.3 is 0 Å². The molecule has 6 heteroatoms. The first-order valence-corrected chi connectivity index (χ1v) is 7.59. The normalized spacial score (nSPS) is 10.8. The standard InChI is InChI=1S/C15H19FN2O2S/c1-11-10-21-14(18-11)9-20-15-12(4-3-5-13(15)16)8-17-6-7-19-2/h3-5,10,17H,6-9H2,1-2H3. The summed E-state index contributed by atoms with van der Waals surface area (Å²) in [6, 6.07) is 4.94. The van der Waals surface area contributed by atoms with Crippen molar-refractivity contribution in [3.63, 3.8) is 0 Å². The van der Waals surface area contributed by atoms with Crippen molar-refractivity contribution < 1.29 is 13.9 Å². The third-order valence-corrected chi connectivity index (χ3v) is 3.79. The number of hydrogen-bond acceptors (Lipinski definition) is 5. The quantitative estimate of drug-likeness (QED) is 0.761. The van der Waals surface area contributed by atoms with Crippen LogP contribution in [0.3, 0.4) is 0 Å². The molecule has 1 heterocycles. The van der Waals surface area contributed by atoms with Gasteiger partial charge < -0.3 is 14.8 Å². The number of para-hydroxylation sites is 1. The number of benzene rings is 1. The molecule has 21 heavy (non-hydrogen) atoms. The predicted octanol–water partition coefficient (Wildman–Crippen LogP) is 2.91. The van der Waals surface area contributed by atoms with Gasteiger partial charge in [-0.2, -0.15) is 0 Å². The Bertz CT molecular complexity index is 575. The van der Waals surface area contributed by atoms with Gasteiger partial charge in [-0.25, -0.2) is 9.37 Å². The zero-order valence-corrected chi connectivity index (χ0v) is 13.0. The van der Waals surface area contributed by atoms with Gasteiger partial charge in [-0.1, -0.05) is 12.1 Å². The summed E-state index contributed by atoms with van der Waals surface area (Å²) in [6.07, 6.45) is 0. The van der Waals surface area contributed by atoms with Crippen molar-refractivity contribution in [2.45, 2.75) is 20.1 Å². The Labute approximate surface area is 127 Å². The summed E-state index contributed by atoms with van der Waals surface area (Å²) in [5.41, 5.74) is 1.74. The number of rotatable bonds is 8. The van der Waals surface area contributed by atoms with Crippen molar-refractivity contribution >= 4 is 11.3 Å². The number of methoxy groups -OCH3 is 1. The summed E-state index contributed by atoms with van der Waals surface area (Å²) in [6.45, 7) is 4.06. The van der Waals surface area contributed by atoms with Crippen molar-refractivity contribution in [2.24, 2.45) is 0 Å². The fraction of sp³-hybridized carbons (Fsp3) is 0.400. The minimum absolute atomic E-state index is 0.282. The summed E-state index contributed by atoms with van der Waals surface area (Å²) in [7, 11) is 1.65. The largest absolute Gasteiger partial charge is 0.483 e. The number of hydrogen-bond donors (Lipinski definition) is 1. The van der Waals surface area contributed by atoms with Gasteiger partial charge in [0.05, 0.1) is 6.61 Å². The van der Waals surface area contributed by atoms with Crippen molar-refractivity contribution in [3.05, 3.63) is 45.7 Å². The van der Waals surface area contributed by atoms with Crippen molar-refractivity contribution in [1.29, 1.82) is 0 Å². The van der Waals surface area contributed by atoms with E-state index in [2.05, 4.69) is 10.3 Å². The van der Waals surface area contributed by atoms with E-state index < -0.39 is 0 Å². The lowest BCUT2D eigenvalue weighted by atomic mass is 10.2. The highest BCUT2D eigenvalue weighted by Gasteiger charge is 2.10. The summed E-state index contributed by atoms with van der Waals surface area (Å²) < 4.78 is 24.5. The van der Waals surface area contributed by atoms with Crippen LogP contribution in [-0.2, 0) is 17.9 Å². The molecule has 2 aromatic rings. The molecular weight excluding hydrogens is 291 g/mol. The predicted molar refractivity (Wildman–Crippen MR) is 81.2 cm³/mol. The Morgan fingerprint density at radius 3 is 2.95 bits per heavy atom. The van der Waals surface area contributed by atoms with Gasteiger partial charge in [0, 0.05) is 36.8 Å². The maximum Gasteiger partial charge on any atom is 0.165 e. The van der Waals surface area contributed by atoms with Gasteiger partial charge in [-0.15, -0.1) is 11.3 Å². The first-order valence-electron chi connectivity index (χ1n) is 6.71. The highest BCUT2D eigenvalue weighted by molar-refractivity contribution is 7.09. The number of aryl methyl sites for hydroxylation is 1. The monoisotopic (exact) mass is 310 g/mol. The number of nitrogens with one attached hydrogen (secondary N) is 1. The lowest BCUT2D eigenvalue weighted by molar-refractivity contribution is 0.199. The molecule has 0 fully saturated rings. The molecule has 0 saturated heterocycles. The van der Waals surface area contributed by atoms with Crippen LogP contribution in [0.1, 0.15) is 16.3 Å². The molecule has 0 aliphatic rings. The number of nitrogens with zero attached hydrogens (tertiary/aromatic N) is 1. The van der Waals surface area contributed by atoms with E-state index in [1.807, 2.05) is 18.4 Å². The van der Waals surface area contributed by atoms with Crippen molar-refractivity contribution in [1.82, 2.24) is 10.3 Å². The lowest BCUT2D eigenvalue weighted by Gasteiger charge is -2.12. The average molecular weight is 310 g/mol. The molecule has 0 amide bonds. The Kier molecular flexibility index (Phi) is 6.10. The number of ether oxygens (including phenoxy) is 2. The maximum atomic E-state index is 13.9. The fourth-order valence-corrected chi connectivity index (χ4v) is 2.54. The zero-order chi connectivity index (χ0) is 15.1. The molecule has 0 bridgehead atoms. The van der Waals surface area contributed by atoms with E-state index in [0.29, 0.717) is 19.7 Å².